The number of hydrogen-bond acceptors (Lipinski definition) is 9. The van der Waals surface area contributed by atoms with Crippen molar-refractivity contribution in [2.45, 2.75) is 4.90 Å². The highest BCUT2D eigenvalue weighted by Crippen LogP contribution is 2.15. The maximum Gasteiger partial charge on any atom is 0.366 e. The monoisotopic (exact) mass is 427 g/mol. The molecule has 0 radical (unpaired) electrons. The topological polar surface area (TPSA) is 138 Å². The first-order valence-electron chi connectivity index (χ1n) is 8.32. The van der Waals surface area contributed by atoms with E-state index >= 15 is 0 Å². The van der Waals surface area contributed by atoms with Crippen LogP contribution in [0.4, 0.5) is 5.69 Å². The second-order valence-corrected chi connectivity index (χ2v) is 7.26. The van der Waals surface area contributed by atoms with E-state index in [1.165, 1.54) is 54.6 Å². The Hall–Kier alpha value is -4.12. The lowest BCUT2D eigenvalue weighted by Gasteiger charge is -2.04. The molecule has 2 aromatic carbocycles. The number of nitrogens with zero attached hydrogens (tertiary/aromatic N) is 3. The highest BCUT2D eigenvalue weighted by Gasteiger charge is 2.16. The molecule has 0 spiro atoms. The molecule has 0 saturated heterocycles. The van der Waals surface area contributed by atoms with Gasteiger partial charge in [0, 0.05) is 12.1 Å². The molecule has 2 aromatic rings. The third-order valence-electron chi connectivity index (χ3n) is 3.65. The SMILES string of the molecule is O=C(ON=C1C=CC(=NOS(=O)(=O)c2ccccc2)C=C1)c1cccc([N+](=O)[O-])c1. The van der Waals surface area contributed by atoms with E-state index in [0.29, 0.717) is 0 Å². The molecule has 30 heavy (non-hydrogen) atoms. The summed E-state index contributed by atoms with van der Waals surface area (Å²) in [4.78, 5) is 26.8. The van der Waals surface area contributed by atoms with E-state index < -0.39 is 21.0 Å². The molecule has 0 unspecified atom stereocenters. The number of non-ortho nitro benzene ring substituents is 1. The summed E-state index contributed by atoms with van der Waals surface area (Å²) in [6.07, 6.45) is 5.64. The zero-order chi connectivity index (χ0) is 21.6. The van der Waals surface area contributed by atoms with Crippen LogP contribution >= 0.6 is 0 Å². The number of oxime groups is 2. The lowest BCUT2D eigenvalue weighted by Crippen LogP contribution is -2.07. The number of rotatable bonds is 6. The zero-order valence-electron chi connectivity index (χ0n) is 15.1. The quantitative estimate of drug-likeness (QED) is 0.299. The average Bonchev–Trinajstić information content (AvgIpc) is 2.77. The smallest absolute Gasteiger partial charge is 0.312 e. The number of nitro groups is 1. The van der Waals surface area contributed by atoms with E-state index in [1.54, 1.807) is 18.2 Å². The van der Waals surface area contributed by atoms with Crippen LogP contribution in [0.1, 0.15) is 10.4 Å². The first-order valence-corrected chi connectivity index (χ1v) is 9.73. The van der Waals surface area contributed by atoms with Crippen LogP contribution in [0.2, 0.25) is 0 Å². The van der Waals surface area contributed by atoms with Crippen LogP contribution < -0.4 is 0 Å². The molecule has 1 aliphatic rings. The summed E-state index contributed by atoms with van der Waals surface area (Å²) in [7, 11) is -4.04. The van der Waals surface area contributed by atoms with Crippen molar-refractivity contribution in [3.63, 3.8) is 0 Å². The molecule has 10 nitrogen and oxygen atoms in total. The van der Waals surface area contributed by atoms with Gasteiger partial charge in [-0.15, -0.1) is 0 Å². The van der Waals surface area contributed by atoms with E-state index in [9.17, 15) is 23.3 Å². The van der Waals surface area contributed by atoms with E-state index in [4.69, 9.17) is 4.84 Å². The van der Waals surface area contributed by atoms with Crippen LogP contribution in [0.15, 0.2) is 94.1 Å². The molecule has 0 amide bonds. The van der Waals surface area contributed by atoms with E-state index in [-0.39, 0.29) is 27.6 Å². The van der Waals surface area contributed by atoms with Gasteiger partial charge in [-0.25, -0.2) is 4.79 Å². The molecule has 0 N–H and O–H groups in total. The minimum atomic E-state index is -4.04. The lowest BCUT2D eigenvalue weighted by atomic mass is 10.1. The standard InChI is InChI=1S/C19H13N3O7S/c23-19(14-5-4-6-17(13-14)22(24)25)28-20-15-9-11-16(12-10-15)21-29-30(26,27)18-7-2-1-3-8-18/h1-13H. The fourth-order valence-corrected chi connectivity index (χ4v) is 2.95. The van der Waals surface area contributed by atoms with Crippen molar-refractivity contribution < 1.29 is 27.3 Å². The molecule has 1 aliphatic carbocycles. The summed E-state index contributed by atoms with van der Waals surface area (Å²) in [6.45, 7) is 0. The summed E-state index contributed by atoms with van der Waals surface area (Å²) < 4.78 is 28.7. The molecule has 0 saturated carbocycles. The number of nitro benzene ring substituents is 1. The van der Waals surface area contributed by atoms with Crippen LogP contribution in [-0.4, -0.2) is 30.7 Å². The van der Waals surface area contributed by atoms with Gasteiger partial charge in [-0.1, -0.05) is 34.6 Å². The maximum atomic E-state index is 12.0. The Balaban J connectivity index is 1.62. The van der Waals surface area contributed by atoms with Crippen LogP contribution in [0.25, 0.3) is 0 Å². The number of allylic oxidation sites excluding steroid dienone is 4. The number of carbonyl (C=O) groups excluding carboxylic acids is 1. The molecule has 152 valence electrons. The highest BCUT2D eigenvalue weighted by molar-refractivity contribution is 7.86. The van der Waals surface area contributed by atoms with Gasteiger partial charge in [-0.05, 0) is 42.5 Å². The van der Waals surface area contributed by atoms with Gasteiger partial charge < -0.3 is 4.84 Å². The first kappa shape index (κ1) is 20.6. The molecular weight excluding hydrogens is 414 g/mol. The van der Waals surface area contributed by atoms with Crippen molar-refractivity contribution in [1.82, 2.24) is 0 Å². The zero-order valence-corrected chi connectivity index (χ0v) is 15.9. The molecule has 3 rings (SSSR count). The number of carbonyl (C=O) groups is 1. The first-order chi connectivity index (χ1) is 14.3. The summed E-state index contributed by atoms with van der Waals surface area (Å²) in [5.41, 5.74) is 0.150. The Kier molecular flexibility index (Phi) is 6.13. The van der Waals surface area contributed by atoms with Gasteiger partial charge >= 0.3 is 16.1 Å². The summed E-state index contributed by atoms with van der Waals surface area (Å²) in [6, 6.07) is 12.6. The van der Waals surface area contributed by atoms with Gasteiger partial charge in [0.15, 0.2) is 0 Å². The van der Waals surface area contributed by atoms with Gasteiger partial charge in [0.25, 0.3) is 5.69 Å². The molecule has 0 aliphatic heterocycles. The van der Waals surface area contributed by atoms with E-state index in [2.05, 4.69) is 14.6 Å². The molecule has 11 heteroatoms. The minimum Gasteiger partial charge on any atom is -0.312 e. The van der Waals surface area contributed by atoms with Gasteiger partial charge in [0.1, 0.15) is 16.3 Å². The summed E-state index contributed by atoms with van der Waals surface area (Å²) >= 11 is 0. The van der Waals surface area contributed by atoms with Crippen molar-refractivity contribution in [2.75, 3.05) is 0 Å². The molecule has 0 bridgehead atoms. The van der Waals surface area contributed by atoms with Crippen LogP contribution in [0.5, 0.6) is 0 Å². The van der Waals surface area contributed by atoms with Crippen molar-refractivity contribution >= 4 is 33.2 Å². The average molecular weight is 427 g/mol. The molecular formula is C19H13N3O7S. The highest BCUT2D eigenvalue weighted by atomic mass is 32.2. The number of hydrogen-bond donors (Lipinski definition) is 0. The van der Waals surface area contributed by atoms with Gasteiger partial charge in [0.2, 0.25) is 0 Å². The molecule has 0 heterocycles. The Labute approximate surface area is 170 Å². The number of benzene rings is 2. The van der Waals surface area contributed by atoms with Crippen LogP contribution in [-0.2, 0) is 19.2 Å². The van der Waals surface area contributed by atoms with Crippen molar-refractivity contribution in [2.24, 2.45) is 10.3 Å². The third kappa shape index (κ3) is 5.23. The Morgan fingerprint density at radius 2 is 1.53 bits per heavy atom. The maximum absolute atomic E-state index is 12.0. The fourth-order valence-electron chi connectivity index (χ4n) is 2.19. The van der Waals surface area contributed by atoms with Gasteiger partial charge in [-0.2, -0.15) is 8.42 Å². The Morgan fingerprint density at radius 1 is 0.900 bits per heavy atom. The minimum absolute atomic E-state index is 0.0286. The Morgan fingerprint density at radius 3 is 2.17 bits per heavy atom. The third-order valence-corrected chi connectivity index (χ3v) is 4.77. The molecule has 0 fully saturated rings. The Bertz CT molecular complexity index is 1180. The van der Waals surface area contributed by atoms with Gasteiger partial charge in [-0.3, -0.25) is 14.4 Å². The second kappa shape index (κ2) is 8.92. The molecule has 0 atom stereocenters. The van der Waals surface area contributed by atoms with Crippen LogP contribution in [0.3, 0.4) is 0 Å². The van der Waals surface area contributed by atoms with Gasteiger partial charge in [0.05, 0.1) is 10.5 Å². The predicted molar refractivity (Wildman–Crippen MR) is 106 cm³/mol. The predicted octanol–water partition coefficient (Wildman–Crippen LogP) is 3.00. The largest absolute Gasteiger partial charge is 0.366 e. The second-order valence-electron chi connectivity index (χ2n) is 5.73. The van der Waals surface area contributed by atoms with E-state index in [1.807, 2.05) is 0 Å². The van der Waals surface area contributed by atoms with E-state index in [0.717, 1.165) is 6.07 Å². The lowest BCUT2D eigenvalue weighted by molar-refractivity contribution is -0.384. The van der Waals surface area contributed by atoms with Crippen molar-refractivity contribution in [1.29, 1.82) is 0 Å². The molecule has 0 aromatic heterocycles. The van der Waals surface area contributed by atoms with Crippen molar-refractivity contribution in [3.05, 3.63) is 94.6 Å². The normalized spacial score (nSPS) is 12.9. The summed E-state index contributed by atoms with van der Waals surface area (Å²) in [5, 5.41) is 18.0. The fraction of sp³-hybridized carbons (Fsp3) is 0. The van der Waals surface area contributed by atoms with Crippen molar-refractivity contribution in [3.8, 4) is 0 Å². The van der Waals surface area contributed by atoms with Crippen LogP contribution in [0, 0.1) is 10.1 Å². The summed E-state index contributed by atoms with van der Waals surface area (Å²) in [5.74, 6) is -0.871.